The van der Waals surface area contributed by atoms with Gasteiger partial charge < -0.3 is 14.6 Å². The van der Waals surface area contributed by atoms with Gasteiger partial charge in [0, 0.05) is 39.4 Å². The number of hydrogen-bond donors (Lipinski definition) is 1. The molecule has 1 aliphatic carbocycles. The van der Waals surface area contributed by atoms with Crippen LogP contribution >= 0.6 is 0 Å². The van der Waals surface area contributed by atoms with E-state index in [0.29, 0.717) is 0 Å². The van der Waals surface area contributed by atoms with Crippen LogP contribution in [0.2, 0.25) is 0 Å². The monoisotopic (exact) mass is 386 g/mol. The Kier molecular flexibility index (Phi) is 5.04. The lowest BCUT2D eigenvalue weighted by Crippen LogP contribution is -2.45. The lowest BCUT2D eigenvalue weighted by Gasteiger charge is -2.22. The lowest BCUT2D eigenvalue weighted by atomic mass is 10.1. The molecule has 10 nitrogen and oxygen atoms in total. The van der Waals surface area contributed by atoms with Crippen LogP contribution in [0.15, 0.2) is 20.7 Å². The molecule has 1 N–H and O–H groups in total. The number of rotatable bonds is 4. The highest BCUT2D eigenvalue weighted by molar-refractivity contribution is 7.89. The van der Waals surface area contributed by atoms with Crippen molar-refractivity contribution in [2.24, 2.45) is 20.0 Å². The number of carbonyl (C=O) groups is 1. The van der Waals surface area contributed by atoms with E-state index in [1.54, 1.807) is 0 Å². The Bertz CT molecular complexity index is 930. The van der Waals surface area contributed by atoms with Crippen LogP contribution in [-0.2, 0) is 33.7 Å². The summed E-state index contributed by atoms with van der Waals surface area (Å²) in [5.41, 5.74) is -1.51. The third-order valence-corrected chi connectivity index (χ3v) is 6.40. The van der Waals surface area contributed by atoms with E-state index in [9.17, 15) is 22.8 Å². The minimum atomic E-state index is -4.18. The van der Waals surface area contributed by atoms with Crippen molar-refractivity contribution in [3.8, 4) is 0 Å². The standard InChI is InChI=1S/C15H22N4O6S/c1-17-8-12(14(21)18(2)15(17)22)26(23,24)19-5-6-25-9-10(7-19)13(20)16-11-3-4-11/h8,10-11H,3-7,9H2,1-2H3,(H,16,20). The summed E-state index contributed by atoms with van der Waals surface area (Å²) in [6, 6.07) is 0.159. The van der Waals surface area contributed by atoms with Crippen molar-refractivity contribution >= 4 is 15.9 Å². The Morgan fingerprint density at radius 3 is 2.62 bits per heavy atom. The van der Waals surface area contributed by atoms with Crippen molar-refractivity contribution in [3.05, 3.63) is 27.0 Å². The molecule has 0 spiro atoms. The summed E-state index contributed by atoms with van der Waals surface area (Å²) in [7, 11) is -1.58. The molecule has 1 aromatic heterocycles. The van der Waals surface area contributed by atoms with Crippen LogP contribution in [0, 0.1) is 5.92 Å². The molecule has 1 saturated carbocycles. The van der Waals surface area contributed by atoms with Gasteiger partial charge in [-0.15, -0.1) is 0 Å². The van der Waals surface area contributed by atoms with Crippen LogP contribution in [0.3, 0.4) is 0 Å². The second-order valence-electron chi connectivity index (χ2n) is 6.67. The minimum Gasteiger partial charge on any atom is -0.379 e. The highest BCUT2D eigenvalue weighted by Crippen LogP contribution is 2.21. The molecule has 0 radical (unpaired) electrons. The maximum atomic E-state index is 13.0. The highest BCUT2D eigenvalue weighted by atomic mass is 32.2. The first-order valence-electron chi connectivity index (χ1n) is 8.36. The van der Waals surface area contributed by atoms with Crippen molar-refractivity contribution in [1.82, 2.24) is 18.8 Å². The molecule has 1 saturated heterocycles. The number of hydrogen-bond acceptors (Lipinski definition) is 6. The summed E-state index contributed by atoms with van der Waals surface area (Å²) in [5.74, 6) is -0.896. The zero-order valence-electron chi connectivity index (χ0n) is 14.7. The molecule has 2 heterocycles. The average molecular weight is 386 g/mol. The molecule has 3 rings (SSSR count). The largest absolute Gasteiger partial charge is 0.379 e. The first kappa shape index (κ1) is 18.8. The highest BCUT2D eigenvalue weighted by Gasteiger charge is 2.36. The van der Waals surface area contributed by atoms with Crippen molar-refractivity contribution in [3.63, 3.8) is 0 Å². The van der Waals surface area contributed by atoms with E-state index >= 15 is 0 Å². The van der Waals surface area contributed by atoms with Crippen LogP contribution in [0.25, 0.3) is 0 Å². The Labute approximate surface area is 150 Å². The molecule has 2 fully saturated rings. The fourth-order valence-corrected chi connectivity index (χ4v) is 4.41. The van der Waals surface area contributed by atoms with Gasteiger partial charge in [0.15, 0.2) is 4.90 Å². The number of nitrogens with one attached hydrogen (secondary N) is 1. The number of aryl methyl sites for hydroxylation is 1. The van der Waals surface area contributed by atoms with Crippen molar-refractivity contribution in [1.29, 1.82) is 0 Å². The smallest absolute Gasteiger partial charge is 0.330 e. The van der Waals surface area contributed by atoms with Crippen LogP contribution in [-0.4, -0.2) is 60.1 Å². The number of nitrogens with zero attached hydrogens (tertiary/aromatic N) is 3. The Morgan fingerprint density at radius 1 is 1.27 bits per heavy atom. The number of sulfonamides is 1. The van der Waals surface area contributed by atoms with Gasteiger partial charge >= 0.3 is 5.69 Å². The van der Waals surface area contributed by atoms with Crippen molar-refractivity contribution in [2.75, 3.05) is 26.3 Å². The van der Waals surface area contributed by atoms with E-state index in [0.717, 1.165) is 32.5 Å². The van der Waals surface area contributed by atoms with Crippen LogP contribution in [0.4, 0.5) is 0 Å². The summed E-state index contributed by atoms with van der Waals surface area (Å²) in [6.45, 7) is 0.197. The Morgan fingerprint density at radius 2 is 1.96 bits per heavy atom. The van der Waals surface area contributed by atoms with E-state index in [1.165, 1.54) is 14.1 Å². The van der Waals surface area contributed by atoms with Gasteiger partial charge in [0.25, 0.3) is 5.56 Å². The summed E-state index contributed by atoms with van der Waals surface area (Å²) >= 11 is 0. The average Bonchev–Trinajstić information content (AvgIpc) is 3.42. The maximum Gasteiger partial charge on any atom is 0.330 e. The number of carbonyl (C=O) groups excluding carboxylic acids is 1. The molecule has 26 heavy (non-hydrogen) atoms. The molecule has 1 aliphatic heterocycles. The predicted molar refractivity (Wildman–Crippen MR) is 91.2 cm³/mol. The first-order chi connectivity index (χ1) is 12.2. The zero-order valence-corrected chi connectivity index (χ0v) is 15.5. The van der Waals surface area contributed by atoms with Crippen molar-refractivity contribution < 1.29 is 17.9 Å². The second-order valence-corrected chi connectivity index (χ2v) is 8.58. The predicted octanol–water partition coefficient (Wildman–Crippen LogP) is -2.00. The van der Waals surface area contributed by atoms with Crippen molar-refractivity contribution in [2.45, 2.75) is 23.8 Å². The molecular formula is C15H22N4O6S. The summed E-state index contributed by atoms with van der Waals surface area (Å²) < 4.78 is 34.2. The molecule has 1 unspecified atom stereocenters. The third-order valence-electron chi connectivity index (χ3n) is 4.56. The third kappa shape index (κ3) is 3.60. The molecule has 11 heteroatoms. The van der Waals surface area contributed by atoms with Gasteiger partial charge in [0.1, 0.15) is 0 Å². The summed E-state index contributed by atoms with van der Waals surface area (Å²) in [6.07, 6.45) is 2.87. The van der Waals surface area contributed by atoms with Crippen LogP contribution in [0.1, 0.15) is 12.8 Å². The van der Waals surface area contributed by atoms with Crippen LogP contribution in [0.5, 0.6) is 0 Å². The molecule has 0 bridgehead atoms. The lowest BCUT2D eigenvalue weighted by molar-refractivity contribution is -0.126. The molecule has 2 aliphatic rings. The normalized spacial score (nSPS) is 22.0. The fraction of sp³-hybridized carbons (Fsp3) is 0.667. The Hall–Kier alpha value is -1.98. The molecule has 144 valence electrons. The number of amides is 1. The maximum absolute atomic E-state index is 13.0. The SMILES string of the molecule is Cn1cc(S(=O)(=O)N2CCOCC(C(=O)NC3CC3)C2)c(=O)n(C)c1=O. The van der Waals surface area contributed by atoms with Crippen LogP contribution < -0.4 is 16.6 Å². The number of ether oxygens (including phenoxy) is 1. The Balaban J connectivity index is 1.91. The molecule has 1 aromatic rings. The van der Waals surface area contributed by atoms with E-state index < -0.39 is 32.1 Å². The zero-order chi connectivity index (χ0) is 19.1. The quantitative estimate of drug-likeness (QED) is 0.639. The molecule has 1 atom stereocenters. The van der Waals surface area contributed by atoms with Gasteiger partial charge in [0.2, 0.25) is 15.9 Å². The minimum absolute atomic E-state index is 0.0293. The van der Waals surface area contributed by atoms with Gasteiger partial charge in [0.05, 0.1) is 19.1 Å². The van der Waals surface area contributed by atoms with Gasteiger partial charge in [-0.25, -0.2) is 13.2 Å². The molecule has 1 amide bonds. The topological polar surface area (TPSA) is 120 Å². The van der Waals surface area contributed by atoms with Gasteiger partial charge in [-0.3, -0.25) is 14.2 Å². The van der Waals surface area contributed by atoms with E-state index in [-0.39, 0.29) is 38.3 Å². The van der Waals surface area contributed by atoms with E-state index in [1.807, 2.05) is 0 Å². The second kappa shape index (κ2) is 6.97. The summed E-state index contributed by atoms with van der Waals surface area (Å²) in [4.78, 5) is 35.9. The first-order valence-corrected chi connectivity index (χ1v) is 9.80. The number of aromatic nitrogens is 2. The molecule has 0 aromatic carbocycles. The summed E-state index contributed by atoms with van der Waals surface area (Å²) in [5, 5.41) is 2.85. The molecular weight excluding hydrogens is 364 g/mol. The van der Waals surface area contributed by atoms with Gasteiger partial charge in [-0.2, -0.15) is 4.31 Å². The van der Waals surface area contributed by atoms with E-state index in [2.05, 4.69) is 5.32 Å². The van der Waals surface area contributed by atoms with Gasteiger partial charge in [-0.1, -0.05) is 0 Å². The van der Waals surface area contributed by atoms with E-state index in [4.69, 9.17) is 4.74 Å². The fourth-order valence-electron chi connectivity index (χ4n) is 2.80. The van der Waals surface area contributed by atoms with Gasteiger partial charge in [-0.05, 0) is 12.8 Å².